The lowest BCUT2D eigenvalue weighted by Gasteiger charge is -2.09. The van der Waals surface area contributed by atoms with Crippen LogP contribution in [0, 0.1) is 11.8 Å². The summed E-state index contributed by atoms with van der Waals surface area (Å²) in [7, 11) is 1.68. The zero-order chi connectivity index (χ0) is 16.0. The fourth-order valence-corrected chi connectivity index (χ4v) is 3.08. The molecule has 0 radical (unpaired) electrons. The third kappa shape index (κ3) is 2.45. The van der Waals surface area contributed by atoms with Crippen molar-refractivity contribution in [2.75, 3.05) is 0 Å². The number of hydrogen-bond donors (Lipinski definition) is 2. The Balaban J connectivity index is 2.11. The quantitative estimate of drug-likeness (QED) is 0.892. The summed E-state index contributed by atoms with van der Waals surface area (Å²) >= 11 is 0. The molecule has 1 aliphatic carbocycles. The summed E-state index contributed by atoms with van der Waals surface area (Å²) in [5.74, 6) is 1.33. The van der Waals surface area contributed by atoms with E-state index in [2.05, 4.69) is 23.8 Å². The van der Waals surface area contributed by atoms with E-state index in [9.17, 15) is 14.4 Å². The molecule has 1 aliphatic rings. The summed E-state index contributed by atoms with van der Waals surface area (Å²) < 4.78 is 1.50. The van der Waals surface area contributed by atoms with E-state index in [4.69, 9.17) is 0 Å². The van der Waals surface area contributed by atoms with Crippen molar-refractivity contribution < 1.29 is 0 Å². The van der Waals surface area contributed by atoms with Crippen LogP contribution in [0.4, 0.5) is 0 Å². The van der Waals surface area contributed by atoms with Gasteiger partial charge in [-0.05, 0) is 30.2 Å². The molecule has 2 atom stereocenters. The van der Waals surface area contributed by atoms with E-state index in [1.165, 1.54) is 10.8 Å². The molecule has 2 heterocycles. The second-order valence-corrected chi connectivity index (χ2v) is 6.34. The van der Waals surface area contributed by atoms with Gasteiger partial charge in [-0.25, -0.2) is 4.79 Å². The Kier molecular flexibility index (Phi) is 3.39. The van der Waals surface area contributed by atoms with Gasteiger partial charge in [0.15, 0.2) is 0 Å². The smallest absolute Gasteiger partial charge is 0.318 e. The lowest BCUT2D eigenvalue weighted by molar-refractivity contribution is 0.547. The third-order valence-corrected chi connectivity index (χ3v) is 4.44. The Labute approximate surface area is 126 Å². The van der Waals surface area contributed by atoms with Gasteiger partial charge in [-0.15, -0.1) is 0 Å². The Morgan fingerprint density at radius 3 is 2.59 bits per heavy atom. The Morgan fingerprint density at radius 2 is 2.00 bits per heavy atom. The van der Waals surface area contributed by atoms with Gasteiger partial charge < -0.3 is 9.55 Å². The normalized spacial score (nSPS) is 20.4. The number of pyridine rings is 1. The standard InChI is InChI=1S/C16H19N3O3/c1-8(2)10-5-11(10)12-4-9(7-19(3)15(12)21)13-6-17-16(22)18-14(13)20/h4,6-8,10-11H,5H2,1-3H3,(H2,17,18,20,22). The highest BCUT2D eigenvalue weighted by atomic mass is 16.2. The minimum absolute atomic E-state index is 0.0160. The van der Waals surface area contributed by atoms with Gasteiger partial charge in [-0.2, -0.15) is 0 Å². The van der Waals surface area contributed by atoms with E-state index in [1.807, 2.05) is 0 Å². The second kappa shape index (κ2) is 5.12. The SMILES string of the molecule is CC(C)C1CC1c1cc(-c2c[nH]c(=O)[nH]c2=O)cn(C)c1=O. The molecule has 2 aromatic rings. The van der Waals surface area contributed by atoms with Crippen LogP contribution in [0.15, 0.2) is 32.8 Å². The van der Waals surface area contributed by atoms with Gasteiger partial charge in [0.1, 0.15) is 0 Å². The topological polar surface area (TPSA) is 87.7 Å². The van der Waals surface area contributed by atoms with Crippen LogP contribution in [0.25, 0.3) is 11.1 Å². The van der Waals surface area contributed by atoms with Crippen LogP contribution in [-0.4, -0.2) is 14.5 Å². The molecule has 0 saturated heterocycles. The molecule has 0 amide bonds. The predicted molar refractivity (Wildman–Crippen MR) is 84.0 cm³/mol. The zero-order valence-electron chi connectivity index (χ0n) is 12.8. The van der Waals surface area contributed by atoms with Gasteiger partial charge in [-0.1, -0.05) is 13.8 Å². The second-order valence-electron chi connectivity index (χ2n) is 6.34. The van der Waals surface area contributed by atoms with Crippen LogP contribution >= 0.6 is 0 Å². The number of aryl methyl sites for hydroxylation is 1. The molecule has 116 valence electrons. The molecular weight excluding hydrogens is 282 g/mol. The lowest BCUT2D eigenvalue weighted by atomic mass is 10.0. The number of rotatable bonds is 3. The maximum atomic E-state index is 12.4. The average Bonchev–Trinajstić information content (AvgIpc) is 3.22. The molecule has 0 aliphatic heterocycles. The third-order valence-electron chi connectivity index (χ3n) is 4.44. The Hall–Kier alpha value is -2.37. The van der Waals surface area contributed by atoms with Crippen molar-refractivity contribution >= 4 is 0 Å². The average molecular weight is 301 g/mol. The first-order valence-electron chi connectivity index (χ1n) is 7.41. The fraction of sp³-hybridized carbons (Fsp3) is 0.438. The summed E-state index contributed by atoms with van der Waals surface area (Å²) in [4.78, 5) is 40.1. The van der Waals surface area contributed by atoms with E-state index >= 15 is 0 Å². The minimum atomic E-state index is -0.541. The van der Waals surface area contributed by atoms with Crippen molar-refractivity contribution in [1.82, 2.24) is 14.5 Å². The molecule has 6 nitrogen and oxygen atoms in total. The van der Waals surface area contributed by atoms with Crippen LogP contribution in [-0.2, 0) is 7.05 Å². The predicted octanol–water partition coefficient (Wildman–Crippen LogP) is 1.19. The summed E-state index contributed by atoms with van der Waals surface area (Å²) in [6.45, 7) is 4.32. The van der Waals surface area contributed by atoms with Crippen LogP contribution in [0.2, 0.25) is 0 Å². The van der Waals surface area contributed by atoms with Crippen LogP contribution in [0.5, 0.6) is 0 Å². The first-order valence-corrected chi connectivity index (χ1v) is 7.41. The van der Waals surface area contributed by atoms with Gasteiger partial charge >= 0.3 is 5.69 Å². The number of aromatic nitrogens is 3. The van der Waals surface area contributed by atoms with Gasteiger partial charge in [-0.3, -0.25) is 14.6 Å². The van der Waals surface area contributed by atoms with E-state index < -0.39 is 11.2 Å². The number of hydrogen-bond acceptors (Lipinski definition) is 3. The molecule has 1 fully saturated rings. The summed E-state index contributed by atoms with van der Waals surface area (Å²) in [6, 6.07) is 1.79. The molecule has 0 bridgehead atoms. The van der Waals surface area contributed by atoms with Gasteiger partial charge in [0.25, 0.3) is 11.1 Å². The van der Waals surface area contributed by atoms with Crippen LogP contribution in [0.3, 0.4) is 0 Å². The highest BCUT2D eigenvalue weighted by Crippen LogP contribution is 2.50. The minimum Gasteiger partial charge on any atom is -0.318 e. The zero-order valence-corrected chi connectivity index (χ0v) is 12.8. The molecule has 22 heavy (non-hydrogen) atoms. The summed E-state index contributed by atoms with van der Waals surface area (Å²) in [6.07, 6.45) is 4.03. The van der Waals surface area contributed by atoms with Crippen molar-refractivity contribution in [2.45, 2.75) is 26.2 Å². The molecule has 2 unspecified atom stereocenters. The molecule has 0 spiro atoms. The monoisotopic (exact) mass is 301 g/mol. The lowest BCUT2D eigenvalue weighted by Crippen LogP contribution is -2.24. The van der Waals surface area contributed by atoms with Crippen molar-refractivity contribution in [3.8, 4) is 11.1 Å². The molecule has 0 aromatic carbocycles. The van der Waals surface area contributed by atoms with Crippen LogP contribution in [0.1, 0.15) is 31.7 Å². The highest BCUT2D eigenvalue weighted by molar-refractivity contribution is 5.61. The van der Waals surface area contributed by atoms with E-state index in [1.54, 1.807) is 19.3 Å². The van der Waals surface area contributed by atoms with Gasteiger partial charge in [0, 0.05) is 30.6 Å². The first-order chi connectivity index (χ1) is 10.4. The molecular formula is C16H19N3O3. The van der Waals surface area contributed by atoms with Gasteiger partial charge in [0.05, 0.1) is 5.56 Å². The van der Waals surface area contributed by atoms with Crippen molar-refractivity contribution in [1.29, 1.82) is 0 Å². The van der Waals surface area contributed by atoms with Crippen molar-refractivity contribution in [3.63, 3.8) is 0 Å². The molecule has 3 rings (SSSR count). The molecule has 6 heteroatoms. The number of nitrogens with zero attached hydrogens (tertiary/aromatic N) is 1. The summed E-state index contributed by atoms with van der Waals surface area (Å²) in [5, 5.41) is 0. The van der Waals surface area contributed by atoms with Gasteiger partial charge in [0.2, 0.25) is 0 Å². The summed E-state index contributed by atoms with van der Waals surface area (Å²) in [5.41, 5.74) is 0.745. The Bertz CT molecular complexity index is 888. The number of nitrogens with one attached hydrogen (secondary N) is 2. The fourth-order valence-electron chi connectivity index (χ4n) is 3.08. The Morgan fingerprint density at radius 1 is 1.27 bits per heavy atom. The maximum Gasteiger partial charge on any atom is 0.325 e. The largest absolute Gasteiger partial charge is 0.325 e. The molecule has 1 saturated carbocycles. The van der Waals surface area contributed by atoms with E-state index in [0.29, 0.717) is 23.0 Å². The number of aromatic amines is 2. The van der Waals surface area contributed by atoms with E-state index in [-0.39, 0.29) is 11.5 Å². The van der Waals surface area contributed by atoms with Crippen molar-refractivity contribution in [2.24, 2.45) is 18.9 Å². The molecule has 2 N–H and O–H groups in total. The van der Waals surface area contributed by atoms with E-state index in [0.717, 1.165) is 12.0 Å². The molecule has 2 aromatic heterocycles. The first kappa shape index (κ1) is 14.6. The van der Waals surface area contributed by atoms with Crippen LogP contribution < -0.4 is 16.8 Å². The van der Waals surface area contributed by atoms with Crippen molar-refractivity contribution in [3.05, 3.63) is 55.2 Å². The number of H-pyrrole nitrogens is 2. The maximum absolute atomic E-state index is 12.4. The highest BCUT2D eigenvalue weighted by Gasteiger charge is 2.42.